The van der Waals surface area contributed by atoms with Gasteiger partial charge >= 0.3 is 0 Å². The number of hydrogen-bond acceptors (Lipinski definition) is 5. The van der Waals surface area contributed by atoms with Crippen LogP contribution < -0.4 is 11.1 Å². The summed E-state index contributed by atoms with van der Waals surface area (Å²) >= 11 is 0. The highest BCUT2D eigenvalue weighted by molar-refractivity contribution is 5.80. The van der Waals surface area contributed by atoms with Gasteiger partial charge < -0.3 is 11.1 Å². The zero-order valence-corrected chi connectivity index (χ0v) is 9.72. The molecule has 0 bridgehead atoms. The molecule has 1 aliphatic rings. The minimum atomic E-state index is 0.439. The Hall–Kier alpha value is -2.17. The van der Waals surface area contributed by atoms with Crippen molar-refractivity contribution in [2.75, 3.05) is 17.6 Å². The standard InChI is InChI=1S/C12H15N5/c1-2-14-12-16-8-9(11(13)17-12)10-6-4-3-5-7-15-10/h3-4,6-8H,2,5H2,1H3,(H3,13,14,16,17). The monoisotopic (exact) mass is 229 g/mol. The Kier molecular flexibility index (Phi) is 3.49. The third kappa shape index (κ3) is 2.69. The Morgan fingerprint density at radius 1 is 1.47 bits per heavy atom. The van der Waals surface area contributed by atoms with Crippen LogP contribution in [0.4, 0.5) is 11.8 Å². The zero-order valence-electron chi connectivity index (χ0n) is 9.72. The van der Waals surface area contributed by atoms with Crippen molar-refractivity contribution in [1.82, 2.24) is 9.97 Å². The molecule has 0 saturated heterocycles. The molecule has 17 heavy (non-hydrogen) atoms. The molecule has 88 valence electrons. The highest BCUT2D eigenvalue weighted by atomic mass is 15.1. The Morgan fingerprint density at radius 3 is 3.12 bits per heavy atom. The van der Waals surface area contributed by atoms with E-state index in [-0.39, 0.29) is 0 Å². The van der Waals surface area contributed by atoms with E-state index in [1.165, 1.54) is 0 Å². The second kappa shape index (κ2) is 5.25. The molecular weight excluding hydrogens is 214 g/mol. The number of rotatable bonds is 3. The number of nitrogens with one attached hydrogen (secondary N) is 1. The van der Waals surface area contributed by atoms with Crippen LogP contribution in [0, 0.1) is 0 Å². The molecule has 0 atom stereocenters. The number of hydrogen-bond donors (Lipinski definition) is 2. The molecule has 0 unspecified atom stereocenters. The first-order chi connectivity index (χ1) is 8.31. The lowest BCUT2D eigenvalue weighted by molar-refractivity contribution is 1.08. The minimum absolute atomic E-state index is 0.439. The van der Waals surface area contributed by atoms with Crippen molar-refractivity contribution in [2.24, 2.45) is 4.99 Å². The molecule has 0 spiro atoms. The van der Waals surface area contributed by atoms with E-state index in [9.17, 15) is 0 Å². The third-order valence-corrected chi connectivity index (χ3v) is 2.29. The number of allylic oxidation sites excluding steroid dienone is 3. The molecule has 0 saturated carbocycles. The van der Waals surface area contributed by atoms with Gasteiger partial charge in [-0.1, -0.05) is 12.2 Å². The van der Waals surface area contributed by atoms with Gasteiger partial charge in [0.1, 0.15) is 5.82 Å². The van der Waals surface area contributed by atoms with Gasteiger partial charge in [-0.05, 0) is 13.0 Å². The number of nitrogen functional groups attached to an aromatic ring is 1. The molecule has 0 radical (unpaired) electrons. The molecule has 1 aliphatic heterocycles. The Balaban J connectivity index is 2.33. The topological polar surface area (TPSA) is 76.2 Å². The smallest absolute Gasteiger partial charge is 0.224 e. The molecule has 1 aromatic heterocycles. The molecule has 0 aliphatic carbocycles. The largest absolute Gasteiger partial charge is 0.383 e. The lowest BCUT2D eigenvalue weighted by Gasteiger charge is -2.06. The Labute approximate surface area is 100 Å². The van der Waals surface area contributed by atoms with Crippen LogP contribution in [-0.4, -0.2) is 22.7 Å². The van der Waals surface area contributed by atoms with Gasteiger partial charge in [0.05, 0.1) is 11.3 Å². The molecule has 2 rings (SSSR count). The van der Waals surface area contributed by atoms with E-state index in [0.717, 1.165) is 24.2 Å². The summed E-state index contributed by atoms with van der Waals surface area (Å²) in [5.74, 6) is 0.983. The predicted molar refractivity (Wildman–Crippen MR) is 70.8 cm³/mol. The van der Waals surface area contributed by atoms with Crippen LogP contribution in [0.5, 0.6) is 0 Å². The van der Waals surface area contributed by atoms with Crippen LogP contribution in [0.25, 0.3) is 5.70 Å². The van der Waals surface area contributed by atoms with E-state index >= 15 is 0 Å². The van der Waals surface area contributed by atoms with Crippen molar-refractivity contribution in [3.8, 4) is 0 Å². The van der Waals surface area contributed by atoms with Crippen LogP contribution in [0.2, 0.25) is 0 Å². The van der Waals surface area contributed by atoms with Crippen molar-refractivity contribution in [1.29, 1.82) is 0 Å². The summed E-state index contributed by atoms with van der Waals surface area (Å²) in [7, 11) is 0. The number of anilines is 2. The summed E-state index contributed by atoms with van der Waals surface area (Å²) in [5, 5.41) is 3.02. The minimum Gasteiger partial charge on any atom is -0.383 e. The molecule has 1 aromatic rings. The van der Waals surface area contributed by atoms with E-state index in [1.54, 1.807) is 6.20 Å². The van der Waals surface area contributed by atoms with Crippen molar-refractivity contribution >= 4 is 23.7 Å². The first kappa shape index (κ1) is 11.3. The molecule has 3 N–H and O–H groups in total. The zero-order chi connectivity index (χ0) is 12.1. The summed E-state index contributed by atoms with van der Waals surface area (Å²) in [4.78, 5) is 12.7. The van der Waals surface area contributed by atoms with E-state index < -0.39 is 0 Å². The first-order valence-electron chi connectivity index (χ1n) is 5.57. The van der Waals surface area contributed by atoms with Crippen molar-refractivity contribution in [3.63, 3.8) is 0 Å². The highest BCUT2D eigenvalue weighted by Gasteiger charge is 2.08. The summed E-state index contributed by atoms with van der Waals surface area (Å²) in [5.41, 5.74) is 7.45. The van der Waals surface area contributed by atoms with Gasteiger partial charge in [-0.25, -0.2) is 4.98 Å². The van der Waals surface area contributed by atoms with Crippen molar-refractivity contribution < 1.29 is 0 Å². The van der Waals surface area contributed by atoms with Crippen molar-refractivity contribution in [3.05, 3.63) is 30.0 Å². The average molecular weight is 229 g/mol. The normalized spacial score (nSPS) is 14.3. The lowest BCUT2D eigenvalue weighted by atomic mass is 10.2. The average Bonchev–Trinajstić information content (AvgIpc) is 2.58. The maximum atomic E-state index is 5.90. The van der Waals surface area contributed by atoms with Crippen LogP contribution in [-0.2, 0) is 0 Å². The van der Waals surface area contributed by atoms with Gasteiger partial charge in [-0.2, -0.15) is 4.98 Å². The molecule has 0 fully saturated rings. The molecule has 5 heteroatoms. The van der Waals surface area contributed by atoms with Gasteiger partial charge in [-0.15, -0.1) is 0 Å². The van der Waals surface area contributed by atoms with Crippen LogP contribution in [0.3, 0.4) is 0 Å². The van der Waals surface area contributed by atoms with Gasteiger partial charge in [-0.3, -0.25) is 4.99 Å². The molecule has 0 aromatic carbocycles. The van der Waals surface area contributed by atoms with E-state index in [2.05, 4.69) is 20.3 Å². The molecular formula is C12H15N5. The van der Waals surface area contributed by atoms with Gasteiger partial charge in [0.25, 0.3) is 0 Å². The Bertz CT molecular complexity index is 488. The lowest BCUT2D eigenvalue weighted by Crippen LogP contribution is -2.06. The number of nitrogens with zero attached hydrogens (tertiary/aromatic N) is 3. The number of aromatic nitrogens is 2. The number of aliphatic imine (C=N–C) groups is 1. The fourth-order valence-corrected chi connectivity index (χ4v) is 1.49. The second-order valence-corrected chi connectivity index (χ2v) is 3.55. The summed E-state index contributed by atoms with van der Waals surface area (Å²) in [6.45, 7) is 2.75. The first-order valence-corrected chi connectivity index (χ1v) is 5.57. The van der Waals surface area contributed by atoms with Crippen LogP contribution in [0.1, 0.15) is 18.9 Å². The molecule has 2 heterocycles. The second-order valence-electron chi connectivity index (χ2n) is 3.55. The number of nitrogens with two attached hydrogens (primary N) is 1. The molecule has 5 nitrogen and oxygen atoms in total. The van der Waals surface area contributed by atoms with Gasteiger partial charge in [0.15, 0.2) is 0 Å². The van der Waals surface area contributed by atoms with Gasteiger partial charge in [0.2, 0.25) is 5.95 Å². The summed E-state index contributed by atoms with van der Waals surface area (Å²) in [6.07, 6.45) is 10.3. The van der Waals surface area contributed by atoms with Crippen LogP contribution in [0.15, 0.2) is 29.4 Å². The quantitative estimate of drug-likeness (QED) is 0.829. The Morgan fingerprint density at radius 2 is 2.35 bits per heavy atom. The third-order valence-electron chi connectivity index (χ3n) is 2.29. The fraction of sp³-hybridized carbons (Fsp3) is 0.250. The van der Waals surface area contributed by atoms with E-state index in [1.807, 2.05) is 31.4 Å². The SMILES string of the molecule is CCNc1ncc(C2=CC=CCC=N2)c(N)n1. The maximum Gasteiger partial charge on any atom is 0.224 e. The maximum absolute atomic E-state index is 5.90. The highest BCUT2D eigenvalue weighted by Crippen LogP contribution is 2.22. The van der Waals surface area contributed by atoms with E-state index in [0.29, 0.717) is 11.8 Å². The van der Waals surface area contributed by atoms with Crippen molar-refractivity contribution in [2.45, 2.75) is 13.3 Å². The van der Waals surface area contributed by atoms with Crippen LogP contribution >= 0.6 is 0 Å². The fourth-order valence-electron chi connectivity index (χ4n) is 1.49. The van der Waals surface area contributed by atoms with E-state index in [4.69, 9.17) is 5.73 Å². The summed E-state index contributed by atoms with van der Waals surface area (Å²) in [6, 6.07) is 0. The molecule has 0 amide bonds. The predicted octanol–water partition coefficient (Wildman–Crippen LogP) is 1.86. The summed E-state index contributed by atoms with van der Waals surface area (Å²) < 4.78 is 0. The van der Waals surface area contributed by atoms with Gasteiger partial charge in [0, 0.05) is 25.4 Å².